The molecule has 0 aliphatic heterocycles. The first-order valence-electron chi connectivity index (χ1n) is 9.08. The van der Waals surface area contributed by atoms with Crippen molar-refractivity contribution < 1.29 is 4.79 Å². The highest BCUT2D eigenvalue weighted by atomic mass is 32.2. The maximum Gasteiger partial charge on any atom is 0.230 e. The molecule has 7 heteroatoms. The number of allylic oxidation sites excluding steroid dienone is 1. The Bertz CT molecular complexity index is 911. The summed E-state index contributed by atoms with van der Waals surface area (Å²) in [5.41, 5.74) is 2.14. The average molecular weight is 394 g/mol. The third-order valence-corrected chi connectivity index (χ3v) is 5.24. The van der Waals surface area contributed by atoms with Crippen LogP contribution in [-0.2, 0) is 11.3 Å². The van der Waals surface area contributed by atoms with E-state index in [1.807, 2.05) is 34.9 Å². The summed E-state index contributed by atoms with van der Waals surface area (Å²) in [6.07, 6.45) is 5.23. The molecular weight excluding hydrogens is 370 g/mol. The molecule has 3 aromatic rings. The monoisotopic (exact) mass is 393 g/mol. The normalized spacial score (nSPS) is 11.8. The Kier molecular flexibility index (Phi) is 6.97. The van der Waals surface area contributed by atoms with Gasteiger partial charge >= 0.3 is 0 Å². The molecule has 1 aromatic carbocycles. The van der Waals surface area contributed by atoms with Gasteiger partial charge in [0.05, 0.1) is 5.75 Å². The van der Waals surface area contributed by atoms with Crippen molar-refractivity contribution in [2.24, 2.45) is 0 Å². The van der Waals surface area contributed by atoms with Crippen LogP contribution in [0.15, 0.2) is 72.7 Å². The van der Waals surface area contributed by atoms with Crippen LogP contribution in [-0.4, -0.2) is 38.0 Å². The molecule has 28 heavy (non-hydrogen) atoms. The molecule has 1 N–H and O–H groups in total. The van der Waals surface area contributed by atoms with Gasteiger partial charge in [0, 0.05) is 31.0 Å². The SMILES string of the molecule is C=CCn1c(SCC(=O)NC[C@H](C)c2ccccc2)nnc1-c1ccncc1. The van der Waals surface area contributed by atoms with Crippen LogP contribution in [0.3, 0.4) is 0 Å². The molecule has 1 amide bonds. The van der Waals surface area contributed by atoms with Gasteiger partial charge in [-0.25, -0.2) is 0 Å². The lowest BCUT2D eigenvalue weighted by Gasteiger charge is -2.13. The second kappa shape index (κ2) is 9.85. The van der Waals surface area contributed by atoms with E-state index >= 15 is 0 Å². The van der Waals surface area contributed by atoms with Crippen molar-refractivity contribution in [2.75, 3.05) is 12.3 Å². The van der Waals surface area contributed by atoms with Gasteiger partial charge in [0.2, 0.25) is 5.91 Å². The van der Waals surface area contributed by atoms with Gasteiger partial charge in [-0.05, 0) is 23.6 Å². The first-order valence-corrected chi connectivity index (χ1v) is 10.1. The Balaban J connectivity index is 1.59. The van der Waals surface area contributed by atoms with Crippen LogP contribution in [0.4, 0.5) is 0 Å². The van der Waals surface area contributed by atoms with Crippen molar-refractivity contribution in [3.63, 3.8) is 0 Å². The lowest BCUT2D eigenvalue weighted by molar-refractivity contribution is -0.118. The van der Waals surface area contributed by atoms with E-state index in [0.29, 0.717) is 18.2 Å². The lowest BCUT2D eigenvalue weighted by atomic mass is 10.0. The number of nitrogens with zero attached hydrogens (tertiary/aromatic N) is 4. The van der Waals surface area contributed by atoms with Crippen LogP contribution in [0, 0.1) is 0 Å². The van der Waals surface area contributed by atoms with Crippen LogP contribution in [0.5, 0.6) is 0 Å². The van der Waals surface area contributed by atoms with Crippen LogP contribution >= 0.6 is 11.8 Å². The minimum atomic E-state index is -0.0219. The molecule has 0 saturated heterocycles. The van der Waals surface area contributed by atoms with E-state index in [1.54, 1.807) is 18.5 Å². The maximum atomic E-state index is 12.3. The Morgan fingerprint density at radius 3 is 2.68 bits per heavy atom. The fourth-order valence-corrected chi connectivity index (χ4v) is 3.53. The zero-order valence-electron chi connectivity index (χ0n) is 15.8. The van der Waals surface area contributed by atoms with Gasteiger partial charge in [0.15, 0.2) is 11.0 Å². The van der Waals surface area contributed by atoms with Crippen LogP contribution in [0.1, 0.15) is 18.4 Å². The van der Waals surface area contributed by atoms with E-state index in [2.05, 4.69) is 46.1 Å². The zero-order chi connectivity index (χ0) is 19.8. The van der Waals surface area contributed by atoms with Crippen molar-refractivity contribution in [1.82, 2.24) is 25.1 Å². The van der Waals surface area contributed by atoms with Gasteiger partial charge in [-0.2, -0.15) is 0 Å². The van der Waals surface area contributed by atoms with Gasteiger partial charge in [-0.1, -0.05) is 55.1 Å². The summed E-state index contributed by atoms with van der Waals surface area (Å²) in [5.74, 6) is 1.26. The highest BCUT2D eigenvalue weighted by Crippen LogP contribution is 2.23. The highest BCUT2D eigenvalue weighted by Gasteiger charge is 2.15. The van der Waals surface area contributed by atoms with Gasteiger partial charge in [-0.3, -0.25) is 14.3 Å². The van der Waals surface area contributed by atoms with Crippen LogP contribution in [0.2, 0.25) is 0 Å². The number of hydrogen-bond acceptors (Lipinski definition) is 5. The molecular formula is C21H23N5OS. The molecule has 2 heterocycles. The minimum absolute atomic E-state index is 0.0219. The van der Waals surface area contributed by atoms with Crippen LogP contribution < -0.4 is 5.32 Å². The number of carbonyl (C=O) groups excluding carboxylic acids is 1. The summed E-state index contributed by atoms with van der Waals surface area (Å²) >= 11 is 1.37. The molecule has 1 atom stereocenters. The molecule has 0 spiro atoms. The predicted octanol–water partition coefficient (Wildman–Crippen LogP) is 3.54. The predicted molar refractivity (Wildman–Crippen MR) is 112 cm³/mol. The van der Waals surface area contributed by atoms with E-state index in [-0.39, 0.29) is 17.6 Å². The van der Waals surface area contributed by atoms with Gasteiger partial charge in [0.25, 0.3) is 0 Å². The number of aromatic nitrogens is 4. The Labute approximate surface area is 169 Å². The maximum absolute atomic E-state index is 12.3. The van der Waals surface area contributed by atoms with E-state index in [0.717, 1.165) is 11.4 Å². The summed E-state index contributed by atoms with van der Waals surface area (Å²) in [4.78, 5) is 16.3. The van der Waals surface area contributed by atoms with E-state index in [4.69, 9.17) is 0 Å². The summed E-state index contributed by atoms with van der Waals surface area (Å²) in [5, 5.41) is 12.2. The topological polar surface area (TPSA) is 72.7 Å². The number of thioether (sulfide) groups is 1. The molecule has 0 fully saturated rings. The minimum Gasteiger partial charge on any atom is -0.355 e. The molecule has 0 unspecified atom stereocenters. The Morgan fingerprint density at radius 1 is 1.21 bits per heavy atom. The van der Waals surface area contributed by atoms with Crippen molar-refractivity contribution in [3.05, 3.63) is 73.1 Å². The number of carbonyl (C=O) groups is 1. The highest BCUT2D eigenvalue weighted by molar-refractivity contribution is 7.99. The first kappa shape index (κ1) is 19.8. The molecule has 2 aromatic heterocycles. The number of amides is 1. The number of benzene rings is 1. The smallest absolute Gasteiger partial charge is 0.230 e. The summed E-state index contributed by atoms with van der Waals surface area (Å²) in [6.45, 7) is 7.08. The van der Waals surface area contributed by atoms with Crippen molar-refractivity contribution in [2.45, 2.75) is 24.5 Å². The molecule has 3 rings (SSSR count). The van der Waals surface area contributed by atoms with Crippen molar-refractivity contribution in [1.29, 1.82) is 0 Å². The van der Waals surface area contributed by atoms with Crippen LogP contribution in [0.25, 0.3) is 11.4 Å². The molecule has 6 nitrogen and oxygen atoms in total. The largest absolute Gasteiger partial charge is 0.355 e. The molecule has 144 valence electrons. The van der Waals surface area contributed by atoms with E-state index in [9.17, 15) is 4.79 Å². The van der Waals surface area contributed by atoms with E-state index in [1.165, 1.54) is 17.3 Å². The molecule has 0 radical (unpaired) electrons. The quantitative estimate of drug-likeness (QED) is 0.445. The van der Waals surface area contributed by atoms with Crippen molar-refractivity contribution >= 4 is 17.7 Å². The standard InChI is InChI=1S/C21H23N5OS/c1-3-13-26-20(18-9-11-22-12-10-18)24-25-21(26)28-15-19(27)23-14-16(2)17-7-5-4-6-8-17/h3-12,16H,1,13-15H2,2H3,(H,23,27)/t16-/m0/s1. The first-order chi connectivity index (χ1) is 13.7. The summed E-state index contributed by atoms with van der Waals surface area (Å²) < 4.78 is 1.95. The number of pyridine rings is 1. The van der Waals surface area contributed by atoms with Gasteiger partial charge < -0.3 is 5.32 Å². The molecule has 0 bridgehead atoms. The third-order valence-electron chi connectivity index (χ3n) is 4.27. The number of nitrogens with one attached hydrogen (secondary N) is 1. The van der Waals surface area contributed by atoms with Gasteiger partial charge in [-0.15, -0.1) is 16.8 Å². The fourth-order valence-electron chi connectivity index (χ4n) is 2.75. The van der Waals surface area contributed by atoms with E-state index < -0.39 is 0 Å². The fraction of sp³-hybridized carbons (Fsp3) is 0.238. The Hall–Kier alpha value is -2.93. The zero-order valence-corrected chi connectivity index (χ0v) is 16.6. The Morgan fingerprint density at radius 2 is 1.96 bits per heavy atom. The molecule has 0 saturated carbocycles. The summed E-state index contributed by atoms with van der Waals surface area (Å²) in [7, 11) is 0. The number of hydrogen-bond donors (Lipinski definition) is 1. The second-order valence-electron chi connectivity index (χ2n) is 6.35. The van der Waals surface area contributed by atoms with Gasteiger partial charge in [0.1, 0.15) is 0 Å². The number of rotatable bonds is 9. The third kappa shape index (κ3) is 5.07. The summed E-state index contributed by atoms with van der Waals surface area (Å²) in [6, 6.07) is 13.9. The van der Waals surface area contributed by atoms with Crippen molar-refractivity contribution in [3.8, 4) is 11.4 Å². The molecule has 0 aliphatic carbocycles. The second-order valence-corrected chi connectivity index (χ2v) is 7.29. The average Bonchev–Trinajstić information content (AvgIpc) is 3.14. The molecule has 0 aliphatic rings. The lowest BCUT2D eigenvalue weighted by Crippen LogP contribution is -2.29.